The Morgan fingerprint density at radius 2 is 0.429 bits per heavy atom. The van der Waals surface area contributed by atoms with E-state index in [4.69, 9.17) is 0 Å². The van der Waals surface area contributed by atoms with Crippen LogP contribution in [0.3, 0.4) is 0 Å². The fourth-order valence-corrected chi connectivity index (χ4v) is 1.81. The first-order valence-electron chi connectivity index (χ1n) is 16.5. The van der Waals surface area contributed by atoms with Crippen molar-refractivity contribution >= 4 is 0 Å². The van der Waals surface area contributed by atoms with E-state index in [0.717, 1.165) is 30.1 Å². The average molecular weight is 585 g/mol. The third-order valence-electron chi connectivity index (χ3n) is 2.76. The van der Waals surface area contributed by atoms with Crippen LogP contribution in [0.25, 0.3) is 0 Å². The first-order valence-corrected chi connectivity index (χ1v) is 16.5. The van der Waals surface area contributed by atoms with Gasteiger partial charge in [-0.15, -0.1) is 0 Å². The van der Waals surface area contributed by atoms with Gasteiger partial charge in [0.2, 0.25) is 0 Å². The lowest BCUT2D eigenvalue weighted by atomic mass is 10.1. The summed E-state index contributed by atoms with van der Waals surface area (Å²) in [5.41, 5.74) is 2.74. The summed E-state index contributed by atoms with van der Waals surface area (Å²) in [5.74, 6) is 3.33. The maximum atomic E-state index is 2.17. The Bertz CT molecular complexity index is 611. The molecule has 0 nitrogen and oxygen atoms in total. The van der Waals surface area contributed by atoms with Gasteiger partial charge in [-0.3, -0.25) is 0 Å². The molecule has 0 saturated carbocycles. The highest BCUT2D eigenvalue weighted by Crippen LogP contribution is 2.07. The second-order valence-corrected chi connectivity index (χ2v) is 11.2. The molecule has 248 valence electrons. The van der Waals surface area contributed by atoms with Crippen molar-refractivity contribution in [2.24, 2.45) is 23.7 Å². The summed E-state index contributed by atoms with van der Waals surface area (Å²) < 4.78 is 0. The van der Waals surface area contributed by atoms with Crippen LogP contribution in [0.5, 0.6) is 0 Å². The Hall–Kier alpha value is -2.34. The fourth-order valence-electron chi connectivity index (χ4n) is 1.81. The van der Waals surface area contributed by atoms with Crippen LogP contribution in [-0.4, -0.2) is 0 Å². The van der Waals surface area contributed by atoms with Crippen LogP contribution in [0.2, 0.25) is 0 Å². The fraction of sp³-hybridized carbons (Fsp3) is 0.571. The van der Waals surface area contributed by atoms with E-state index in [0.29, 0.717) is 0 Å². The van der Waals surface area contributed by atoms with E-state index in [-0.39, 0.29) is 7.43 Å². The second kappa shape index (κ2) is 51.4. The summed E-state index contributed by atoms with van der Waals surface area (Å²) in [7, 11) is 0. The van der Waals surface area contributed by atoms with Gasteiger partial charge in [0.1, 0.15) is 0 Å². The van der Waals surface area contributed by atoms with Gasteiger partial charge in [-0.2, -0.15) is 0 Å². The molecule has 0 heteroatoms. The van der Waals surface area contributed by atoms with Crippen LogP contribution in [0.15, 0.2) is 97.1 Å². The van der Waals surface area contributed by atoms with Crippen molar-refractivity contribution in [3.8, 4) is 0 Å². The molecule has 0 bridgehead atoms. The van der Waals surface area contributed by atoms with Crippen molar-refractivity contribution in [1.29, 1.82) is 0 Å². The van der Waals surface area contributed by atoms with Crippen molar-refractivity contribution in [2.45, 2.75) is 138 Å². The molecular weight excluding hydrogens is 504 g/mol. The summed E-state index contributed by atoms with van der Waals surface area (Å²) in [5, 5.41) is 0. The first-order chi connectivity index (χ1) is 19.4. The zero-order valence-corrected chi connectivity index (χ0v) is 31.3. The van der Waals surface area contributed by atoms with E-state index in [1.807, 2.05) is 77.9 Å². The molecule has 0 saturated heterocycles. The number of hydrogen-bond donors (Lipinski definition) is 0. The Kier molecular flexibility index (Phi) is 68.0. The lowest BCUT2D eigenvalue weighted by molar-refractivity contribution is 0.736. The molecule has 0 atom stereocenters. The minimum Gasteiger partial charge on any atom is -0.0776 e. The number of benzene rings is 3. The molecule has 0 heterocycles. The van der Waals surface area contributed by atoms with Crippen LogP contribution >= 0.6 is 0 Å². The maximum absolute atomic E-state index is 2.17. The Labute approximate surface area is 269 Å². The first kappa shape index (κ1) is 55.6. The van der Waals surface area contributed by atoms with E-state index in [1.165, 1.54) is 11.1 Å². The molecule has 0 radical (unpaired) electrons. The molecule has 42 heavy (non-hydrogen) atoms. The van der Waals surface area contributed by atoms with Gasteiger partial charge < -0.3 is 0 Å². The van der Waals surface area contributed by atoms with Crippen LogP contribution in [0.4, 0.5) is 0 Å². The second-order valence-electron chi connectivity index (χ2n) is 11.2. The van der Waals surface area contributed by atoms with Crippen molar-refractivity contribution < 1.29 is 0 Å². The lowest BCUT2D eigenvalue weighted by Crippen LogP contribution is -1.85. The Morgan fingerprint density at radius 1 is 0.310 bits per heavy atom. The van der Waals surface area contributed by atoms with Gasteiger partial charge in [0.15, 0.2) is 0 Å². The molecule has 3 rings (SSSR count). The molecule has 0 aliphatic heterocycles. The van der Waals surface area contributed by atoms with Gasteiger partial charge in [0.25, 0.3) is 0 Å². The van der Waals surface area contributed by atoms with Gasteiger partial charge in [0, 0.05) is 0 Å². The summed E-state index contributed by atoms with van der Waals surface area (Å²) in [4.78, 5) is 0. The van der Waals surface area contributed by atoms with Gasteiger partial charge in [0.05, 0.1) is 0 Å². The molecule has 3 aromatic rings. The average Bonchev–Trinajstić information content (AvgIpc) is 2.93. The van der Waals surface area contributed by atoms with Crippen LogP contribution in [0, 0.1) is 23.7 Å². The van der Waals surface area contributed by atoms with Crippen LogP contribution in [0.1, 0.15) is 143 Å². The van der Waals surface area contributed by atoms with E-state index in [2.05, 4.69) is 144 Å². The van der Waals surface area contributed by atoms with Crippen LogP contribution in [-0.2, 0) is 6.42 Å². The summed E-state index contributed by atoms with van der Waals surface area (Å²) in [6.07, 6.45) is 1.03. The monoisotopic (exact) mass is 585 g/mol. The molecule has 0 amide bonds. The molecule has 0 spiro atoms. The molecular formula is C42H80. The number of rotatable bonds is 2. The van der Waals surface area contributed by atoms with E-state index in [9.17, 15) is 0 Å². The minimum absolute atomic E-state index is 0. The smallest absolute Gasteiger partial charge is 0.00258 e. The summed E-state index contributed by atoms with van der Waals surface area (Å²) in [6.45, 7) is 38.0. The molecule has 0 fully saturated rings. The van der Waals surface area contributed by atoms with Gasteiger partial charge in [-0.25, -0.2) is 0 Å². The van der Waals surface area contributed by atoms with E-state index >= 15 is 0 Å². The van der Waals surface area contributed by atoms with Gasteiger partial charge in [-0.1, -0.05) is 229 Å². The van der Waals surface area contributed by atoms with Crippen molar-refractivity contribution in [2.75, 3.05) is 0 Å². The van der Waals surface area contributed by atoms with Crippen LogP contribution < -0.4 is 0 Å². The molecule has 3 aromatic carbocycles. The highest BCUT2D eigenvalue weighted by Gasteiger charge is 1.92. The highest BCUT2D eigenvalue weighted by molar-refractivity contribution is 5.25. The third kappa shape index (κ3) is 90.4. The Balaban J connectivity index is -0.0000000728. The molecule has 0 aliphatic rings. The largest absolute Gasteiger partial charge is 0.0776 e. The molecule has 0 aliphatic carbocycles. The topological polar surface area (TPSA) is 0 Å². The summed E-state index contributed by atoms with van der Waals surface area (Å²) in [6, 6.07) is 33.1. The molecule has 0 unspecified atom stereocenters. The third-order valence-corrected chi connectivity index (χ3v) is 2.76. The molecule has 0 aromatic heterocycles. The van der Waals surface area contributed by atoms with Crippen molar-refractivity contribution in [1.82, 2.24) is 0 Å². The number of hydrogen-bond acceptors (Lipinski definition) is 0. The Morgan fingerprint density at radius 3 is 0.571 bits per heavy atom. The van der Waals surface area contributed by atoms with Crippen molar-refractivity contribution in [3.63, 3.8) is 0 Å². The standard InChI is InChI=1S/C13H12.C6H6.4C4H10.3C2H6.CH4/c1-3-7-12(8-4-1)11-13-9-5-2-6-10-13;1-2-4-6-5-3-1;4*1-4(2)3;3*1-2;/h1-10H,11H2;1-6H;4*4H,1-3H3;3*1-2H3;1H4. The predicted octanol–water partition coefficient (Wildman–Crippen LogP) is 15.3. The van der Waals surface area contributed by atoms with Crippen molar-refractivity contribution in [3.05, 3.63) is 108 Å². The van der Waals surface area contributed by atoms with E-state index in [1.54, 1.807) is 0 Å². The molecule has 0 N–H and O–H groups in total. The lowest BCUT2D eigenvalue weighted by Gasteiger charge is -2.00. The van der Waals surface area contributed by atoms with E-state index < -0.39 is 0 Å². The zero-order chi connectivity index (χ0) is 33.5. The normalized spacial score (nSPS) is 8.05. The minimum atomic E-state index is 0. The van der Waals surface area contributed by atoms with Gasteiger partial charge >= 0.3 is 0 Å². The maximum Gasteiger partial charge on any atom is -0.00258 e. The van der Waals surface area contributed by atoms with Gasteiger partial charge in [-0.05, 0) is 41.2 Å². The highest BCUT2D eigenvalue weighted by atomic mass is 14.0. The SMILES string of the molecule is C.CC.CC.CC.CC(C)C.CC(C)C.CC(C)C.CC(C)C.c1ccc(Cc2ccccc2)cc1.c1ccccc1. The summed E-state index contributed by atoms with van der Waals surface area (Å²) >= 11 is 0. The quantitative estimate of drug-likeness (QED) is 0.281. The zero-order valence-electron chi connectivity index (χ0n) is 31.3. The predicted molar refractivity (Wildman–Crippen MR) is 205 cm³/mol.